The summed E-state index contributed by atoms with van der Waals surface area (Å²) in [5, 5.41) is -0.0935. The van der Waals surface area contributed by atoms with E-state index in [-0.39, 0.29) is 23.4 Å². The molecule has 0 aromatic heterocycles. The van der Waals surface area contributed by atoms with Crippen molar-refractivity contribution in [2.24, 2.45) is 0 Å². The number of amides is 1. The van der Waals surface area contributed by atoms with Gasteiger partial charge >= 0.3 is 0 Å². The summed E-state index contributed by atoms with van der Waals surface area (Å²) >= 11 is 15.8. The van der Waals surface area contributed by atoms with Crippen molar-refractivity contribution in [3.05, 3.63) is 97.8 Å². The van der Waals surface area contributed by atoms with Crippen LogP contribution in [0.5, 0.6) is 5.75 Å². The first-order chi connectivity index (χ1) is 15.3. The molecule has 0 saturated carbocycles. The summed E-state index contributed by atoms with van der Waals surface area (Å²) in [6.07, 6.45) is 1.69. The van der Waals surface area contributed by atoms with Crippen LogP contribution in [0.1, 0.15) is 11.1 Å². The summed E-state index contributed by atoms with van der Waals surface area (Å²) < 4.78 is 33.7. The maximum absolute atomic E-state index is 13.5. The zero-order valence-electron chi connectivity index (χ0n) is 16.2. The van der Waals surface area contributed by atoms with Crippen molar-refractivity contribution in [1.29, 1.82) is 0 Å². The van der Waals surface area contributed by atoms with Gasteiger partial charge in [-0.25, -0.2) is 8.78 Å². The van der Waals surface area contributed by atoms with Gasteiger partial charge in [-0.1, -0.05) is 63.6 Å². The van der Waals surface area contributed by atoms with E-state index < -0.39 is 5.82 Å². The van der Waals surface area contributed by atoms with Crippen molar-refractivity contribution in [1.82, 2.24) is 0 Å². The predicted octanol–water partition coefficient (Wildman–Crippen LogP) is 7.37. The standard InChI is InChI=1S/C23H13BrClF2NO2S2/c24-15-3-8-20(30-12-13-1-4-16(26)5-2-13)14(9-15)10-21-22(29)28(23(31)32-21)17-6-7-19(27)18(25)11-17/h1-11H,12H2/b21-10-. The Bertz CT molecular complexity index is 1250. The van der Waals surface area contributed by atoms with Crippen molar-refractivity contribution in [3.8, 4) is 5.75 Å². The van der Waals surface area contributed by atoms with Gasteiger partial charge in [0, 0.05) is 10.0 Å². The quantitative estimate of drug-likeness (QED) is 0.244. The van der Waals surface area contributed by atoms with E-state index in [1.54, 1.807) is 24.3 Å². The lowest BCUT2D eigenvalue weighted by Crippen LogP contribution is -2.27. The molecule has 3 aromatic rings. The summed E-state index contributed by atoms with van der Waals surface area (Å²) in [5.74, 6) is -0.684. The molecule has 0 atom stereocenters. The zero-order chi connectivity index (χ0) is 22.8. The molecule has 1 saturated heterocycles. The third-order valence-corrected chi connectivity index (χ3v) is 6.61. The monoisotopic (exact) mass is 551 g/mol. The molecule has 0 bridgehead atoms. The fourth-order valence-electron chi connectivity index (χ4n) is 2.96. The molecule has 32 heavy (non-hydrogen) atoms. The molecule has 0 unspecified atom stereocenters. The fraction of sp³-hybridized carbons (Fsp3) is 0.0435. The first-order valence-electron chi connectivity index (χ1n) is 9.21. The molecule has 1 heterocycles. The highest BCUT2D eigenvalue weighted by atomic mass is 79.9. The summed E-state index contributed by atoms with van der Waals surface area (Å²) in [4.78, 5) is 14.8. The van der Waals surface area contributed by atoms with E-state index in [0.29, 0.717) is 26.2 Å². The molecule has 0 radical (unpaired) electrons. The van der Waals surface area contributed by atoms with Crippen LogP contribution in [0.3, 0.4) is 0 Å². The average molecular weight is 553 g/mol. The van der Waals surface area contributed by atoms with Gasteiger partial charge in [0.05, 0.1) is 15.6 Å². The van der Waals surface area contributed by atoms with Crippen molar-refractivity contribution in [2.45, 2.75) is 6.61 Å². The number of anilines is 1. The van der Waals surface area contributed by atoms with E-state index in [1.807, 2.05) is 12.1 Å². The molecule has 1 aliphatic heterocycles. The van der Waals surface area contributed by atoms with E-state index in [0.717, 1.165) is 21.8 Å². The van der Waals surface area contributed by atoms with Crippen LogP contribution < -0.4 is 9.64 Å². The molecule has 162 valence electrons. The fourth-order valence-corrected chi connectivity index (χ4v) is 4.80. The lowest BCUT2D eigenvalue weighted by atomic mass is 10.1. The molecule has 0 N–H and O–H groups in total. The van der Waals surface area contributed by atoms with E-state index in [2.05, 4.69) is 15.9 Å². The van der Waals surface area contributed by atoms with Gasteiger partial charge in [-0.05, 0) is 60.2 Å². The minimum absolute atomic E-state index is 0.0935. The number of ether oxygens (including phenoxy) is 1. The van der Waals surface area contributed by atoms with Crippen LogP contribution in [-0.4, -0.2) is 10.2 Å². The van der Waals surface area contributed by atoms with Crippen LogP contribution in [0.15, 0.2) is 70.0 Å². The summed E-state index contributed by atoms with van der Waals surface area (Å²) in [7, 11) is 0. The Morgan fingerprint density at radius 3 is 2.56 bits per heavy atom. The second-order valence-corrected chi connectivity index (χ2v) is 9.71. The largest absolute Gasteiger partial charge is 0.488 e. The highest BCUT2D eigenvalue weighted by molar-refractivity contribution is 9.10. The smallest absolute Gasteiger partial charge is 0.270 e. The molecule has 4 rings (SSSR count). The van der Waals surface area contributed by atoms with Crippen LogP contribution in [0.2, 0.25) is 5.02 Å². The molecule has 1 aliphatic rings. The predicted molar refractivity (Wildman–Crippen MR) is 132 cm³/mol. The van der Waals surface area contributed by atoms with E-state index in [4.69, 9.17) is 28.6 Å². The van der Waals surface area contributed by atoms with Crippen LogP contribution in [-0.2, 0) is 11.4 Å². The highest BCUT2D eigenvalue weighted by Gasteiger charge is 2.33. The van der Waals surface area contributed by atoms with Crippen molar-refractivity contribution < 1.29 is 18.3 Å². The molecule has 1 amide bonds. The van der Waals surface area contributed by atoms with Gasteiger partial charge in [0.1, 0.15) is 24.0 Å². The Kier molecular flexibility index (Phi) is 6.95. The van der Waals surface area contributed by atoms with Crippen LogP contribution in [0, 0.1) is 11.6 Å². The Morgan fingerprint density at radius 2 is 1.84 bits per heavy atom. The van der Waals surface area contributed by atoms with Crippen molar-refractivity contribution in [2.75, 3.05) is 4.90 Å². The van der Waals surface area contributed by atoms with Crippen molar-refractivity contribution in [3.63, 3.8) is 0 Å². The summed E-state index contributed by atoms with van der Waals surface area (Å²) in [5.41, 5.74) is 1.86. The number of nitrogens with zero attached hydrogens (tertiary/aromatic N) is 1. The minimum atomic E-state index is -0.575. The van der Waals surface area contributed by atoms with Gasteiger partial charge in [-0.2, -0.15) is 0 Å². The van der Waals surface area contributed by atoms with Crippen LogP contribution >= 0.6 is 51.5 Å². The molecule has 3 aromatic carbocycles. The molecular weight excluding hydrogens is 540 g/mol. The molecular formula is C23H13BrClF2NO2S2. The zero-order valence-corrected chi connectivity index (χ0v) is 20.1. The molecule has 3 nitrogen and oxygen atoms in total. The number of halogens is 4. The normalized spacial score (nSPS) is 15.0. The van der Waals surface area contributed by atoms with Gasteiger partial charge in [-0.15, -0.1) is 0 Å². The second-order valence-electron chi connectivity index (χ2n) is 6.71. The number of rotatable bonds is 5. The number of hydrogen-bond donors (Lipinski definition) is 0. The molecule has 1 fully saturated rings. The number of thioether (sulfide) groups is 1. The molecule has 0 aliphatic carbocycles. The number of thiocarbonyl (C=S) groups is 1. The highest BCUT2D eigenvalue weighted by Crippen LogP contribution is 2.38. The maximum atomic E-state index is 13.5. The van der Waals surface area contributed by atoms with E-state index in [9.17, 15) is 13.6 Å². The topological polar surface area (TPSA) is 29.5 Å². The third kappa shape index (κ3) is 5.04. The SMILES string of the molecule is O=C1/C(=C/c2cc(Br)ccc2OCc2ccc(F)cc2)SC(=S)N1c1ccc(F)c(Cl)c1. The van der Waals surface area contributed by atoms with Gasteiger partial charge in [0.2, 0.25) is 0 Å². The van der Waals surface area contributed by atoms with Gasteiger partial charge in [0.15, 0.2) is 4.32 Å². The maximum Gasteiger partial charge on any atom is 0.270 e. The third-order valence-electron chi connectivity index (χ3n) is 4.52. The van der Waals surface area contributed by atoms with E-state index >= 15 is 0 Å². The number of carbonyl (C=O) groups is 1. The number of benzene rings is 3. The Morgan fingerprint density at radius 1 is 1.09 bits per heavy atom. The van der Waals surface area contributed by atoms with Crippen LogP contribution in [0.25, 0.3) is 6.08 Å². The van der Waals surface area contributed by atoms with Gasteiger partial charge < -0.3 is 4.74 Å². The average Bonchev–Trinajstić information content (AvgIpc) is 3.03. The lowest BCUT2D eigenvalue weighted by molar-refractivity contribution is -0.113. The summed E-state index contributed by atoms with van der Waals surface area (Å²) in [6, 6.07) is 15.5. The number of hydrogen-bond acceptors (Lipinski definition) is 4. The Balaban J connectivity index is 1.60. The molecule has 0 spiro atoms. The minimum Gasteiger partial charge on any atom is -0.488 e. The Labute approximate surface area is 206 Å². The van der Waals surface area contributed by atoms with Gasteiger partial charge in [-0.3, -0.25) is 9.69 Å². The first-order valence-corrected chi connectivity index (χ1v) is 11.6. The van der Waals surface area contributed by atoms with Gasteiger partial charge in [0.25, 0.3) is 5.91 Å². The van der Waals surface area contributed by atoms with E-state index in [1.165, 1.54) is 35.2 Å². The lowest BCUT2D eigenvalue weighted by Gasteiger charge is -2.15. The Hall–Kier alpha value is -2.26. The second kappa shape index (κ2) is 9.70. The van der Waals surface area contributed by atoms with Crippen LogP contribution in [0.4, 0.5) is 14.5 Å². The summed E-state index contributed by atoms with van der Waals surface area (Å²) in [6.45, 7) is 0.234. The number of carbonyl (C=O) groups excluding carboxylic acids is 1. The first kappa shape index (κ1) is 22.9. The van der Waals surface area contributed by atoms with Crippen molar-refractivity contribution >= 4 is 73.5 Å². The molecule has 9 heteroatoms.